The van der Waals surface area contributed by atoms with Crippen molar-refractivity contribution in [1.29, 1.82) is 0 Å². The van der Waals surface area contributed by atoms with E-state index in [0.717, 1.165) is 44.9 Å². The van der Waals surface area contributed by atoms with Crippen molar-refractivity contribution in [3.63, 3.8) is 0 Å². The number of hydrogen-bond acceptors (Lipinski definition) is 8. The maximum Gasteiger partial charge on any atom is 0.272 e. The molecule has 4 rings (SSSR count). The molecule has 0 aromatic carbocycles. The monoisotopic (exact) mass is 695 g/mol. The highest BCUT2D eigenvalue weighted by atomic mass is 16.3. The molecule has 0 radical (unpaired) electrons. The second-order valence-corrected chi connectivity index (χ2v) is 15.7. The van der Waals surface area contributed by atoms with Gasteiger partial charge in [-0.1, -0.05) is 72.8 Å². The Morgan fingerprint density at radius 3 is 2.26 bits per heavy atom. The van der Waals surface area contributed by atoms with Gasteiger partial charge in [-0.2, -0.15) is 0 Å². The van der Waals surface area contributed by atoms with Crippen LogP contribution in [0.15, 0.2) is 31.2 Å². The summed E-state index contributed by atoms with van der Waals surface area (Å²) in [5.74, 6) is -2.31. The van der Waals surface area contributed by atoms with Crippen LogP contribution in [0, 0.1) is 29.1 Å². The number of hydrogen-bond donors (Lipinski definition) is 5. The van der Waals surface area contributed by atoms with Crippen LogP contribution in [0.1, 0.15) is 103 Å². The number of carbonyl (C=O) groups excluding carboxylic acids is 5. The quantitative estimate of drug-likeness (QED) is 0.174. The number of aliphatic hydroxyl groups excluding tert-OH is 1. The zero-order valence-electron chi connectivity index (χ0n) is 30.3. The minimum Gasteiger partial charge on any atom is -0.381 e. The highest BCUT2D eigenvalue weighted by Gasteiger charge is 2.48. The standard InChI is InChI=1S/C37H57N7O6/c1-7-16-40-35(49)30(45)26(20-23-13-14-23)41-34(48)29-25(22(2)3)15-19-44(29)36(50)31(37(4,5)6)43-33(47)28(24-11-9-8-10-12-24)42-32(46)27-21-38-17-18-39-27/h7,17-18,21-26,28-31,45H,1,8-16,19-20H2,2-6H3,(H,40,49)(H,41,48)(H,42,46)(H,43,47)/t25-,26?,28+,29+,30?,31-/m1/s1. The SMILES string of the molecule is C=CCNC(=O)C(O)C(CC1CC1)NC(=O)[C@@H]1[C@@H](C(C)C)CCN1C(=O)[C@@H](NC(=O)[C@@H](NC(=O)c1cnccn1)C1CCCCC1)C(C)(C)C. The average Bonchev–Trinajstić information content (AvgIpc) is 3.80. The van der Waals surface area contributed by atoms with E-state index in [9.17, 15) is 29.1 Å². The van der Waals surface area contributed by atoms with E-state index in [1.807, 2.05) is 34.6 Å². The molecule has 6 atom stereocenters. The maximum atomic E-state index is 14.6. The molecular weight excluding hydrogens is 638 g/mol. The topological polar surface area (TPSA) is 183 Å². The molecule has 50 heavy (non-hydrogen) atoms. The lowest BCUT2D eigenvalue weighted by molar-refractivity contribution is -0.146. The Morgan fingerprint density at radius 2 is 1.68 bits per heavy atom. The molecule has 13 nitrogen and oxygen atoms in total. The van der Waals surface area contributed by atoms with Crippen molar-refractivity contribution in [3.05, 3.63) is 36.9 Å². The maximum absolute atomic E-state index is 14.6. The zero-order valence-corrected chi connectivity index (χ0v) is 30.3. The molecule has 5 N–H and O–H groups in total. The third-order valence-electron chi connectivity index (χ3n) is 10.4. The Balaban J connectivity index is 1.57. The number of aromatic nitrogens is 2. The van der Waals surface area contributed by atoms with Crippen LogP contribution in [0.25, 0.3) is 0 Å². The first-order valence-corrected chi connectivity index (χ1v) is 18.3. The van der Waals surface area contributed by atoms with E-state index in [2.05, 4.69) is 37.8 Å². The van der Waals surface area contributed by atoms with Gasteiger partial charge in [0.15, 0.2) is 6.10 Å². The zero-order chi connectivity index (χ0) is 36.6. The molecule has 2 unspecified atom stereocenters. The molecule has 2 aliphatic carbocycles. The summed E-state index contributed by atoms with van der Waals surface area (Å²) in [7, 11) is 0. The lowest BCUT2D eigenvalue weighted by atomic mass is 9.82. The summed E-state index contributed by atoms with van der Waals surface area (Å²) in [5.41, 5.74) is -0.651. The Kier molecular flexibility index (Phi) is 13.5. The van der Waals surface area contributed by atoms with Crippen LogP contribution in [0.2, 0.25) is 0 Å². The van der Waals surface area contributed by atoms with Crippen molar-refractivity contribution < 1.29 is 29.1 Å². The fourth-order valence-corrected chi connectivity index (χ4v) is 7.35. The second kappa shape index (κ2) is 17.4. The summed E-state index contributed by atoms with van der Waals surface area (Å²) in [4.78, 5) is 78.5. The Morgan fingerprint density at radius 1 is 0.980 bits per heavy atom. The average molecular weight is 696 g/mol. The number of nitrogens with one attached hydrogen (secondary N) is 4. The van der Waals surface area contributed by atoms with Gasteiger partial charge in [-0.15, -0.1) is 6.58 Å². The van der Waals surface area contributed by atoms with E-state index in [1.54, 1.807) is 4.90 Å². The fourth-order valence-electron chi connectivity index (χ4n) is 7.35. The third-order valence-corrected chi connectivity index (χ3v) is 10.4. The molecule has 13 heteroatoms. The molecule has 1 saturated heterocycles. The summed E-state index contributed by atoms with van der Waals surface area (Å²) in [5, 5.41) is 22.4. The second-order valence-electron chi connectivity index (χ2n) is 15.7. The number of nitrogens with zero attached hydrogens (tertiary/aromatic N) is 3. The molecule has 0 bridgehead atoms. The van der Waals surface area contributed by atoms with Crippen molar-refractivity contribution in [2.45, 2.75) is 123 Å². The summed E-state index contributed by atoms with van der Waals surface area (Å²) in [6, 6.07) is -3.58. The van der Waals surface area contributed by atoms with Crippen molar-refractivity contribution in [2.24, 2.45) is 29.1 Å². The highest BCUT2D eigenvalue weighted by Crippen LogP contribution is 2.36. The van der Waals surface area contributed by atoms with Gasteiger partial charge in [0, 0.05) is 25.5 Å². The van der Waals surface area contributed by atoms with Gasteiger partial charge in [0.05, 0.1) is 12.2 Å². The minimum atomic E-state index is -1.46. The Bertz CT molecular complexity index is 1360. The van der Waals surface area contributed by atoms with Crippen LogP contribution in [0.5, 0.6) is 0 Å². The van der Waals surface area contributed by atoms with Gasteiger partial charge < -0.3 is 31.3 Å². The third kappa shape index (κ3) is 10.1. The lowest BCUT2D eigenvalue weighted by Crippen LogP contribution is -2.62. The fraction of sp³-hybridized carbons (Fsp3) is 0.703. The van der Waals surface area contributed by atoms with Crippen LogP contribution in [-0.4, -0.2) is 92.9 Å². The molecule has 276 valence electrons. The predicted octanol–water partition coefficient (Wildman–Crippen LogP) is 2.51. The van der Waals surface area contributed by atoms with Crippen LogP contribution >= 0.6 is 0 Å². The molecule has 1 aromatic heterocycles. The molecule has 0 spiro atoms. The van der Waals surface area contributed by atoms with Gasteiger partial charge in [0.25, 0.3) is 11.8 Å². The summed E-state index contributed by atoms with van der Waals surface area (Å²) in [6.45, 7) is 13.7. The summed E-state index contributed by atoms with van der Waals surface area (Å²) >= 11 is 0. The van der Waals surface area contributed by atoms with Crippen molar-refractivity contribution in [1.82, 2.24) is 36.1 Å². The van der Waals surface area contributed by atoms with Gasteiger partial charge in [0.1, 0.15) is 23.8 Å². The summed E-state index contributed by atoms with van der Waals surface area (Å²) in [6.07, 6.45) is 11.7. The van der Waals surface area contributed by atoms with Gasteiger partial charge in [-0.05, 0) is 54.8 Å². The molecule has 1 aromatic rings. The smallest absolute Gasteiger partial charge is 0.272 e. The van der Waals surface area contributed by atoms with Gasteiger partial charge in [0.2, 0.25) is 17.7 Å². The van der Waals surface area contributed by atoms with Gasteiger partial charge >= 0.3 is 0 Å². The minimum absolute atomic E-state index is 0.0564. The number of amides is 5. The van der Waals surface area contributed by atoms with E-state index >= 15 is 0 Å². The van der Waals surface area contributed by atoms with Crippen LogP contribution < -0.4 is 21.3 Å². The lowest BCUT2D eigenvalue weighted by Gasteiger charge is -2.38. The molecule has 1 aliphatic heterocycles. The molecule has 3 fully saturated rings. The van der Waals surface area contributed by atoms with Crippen LogP contribution in [-0.2, 0) is 19.2 Å². The number of carbonyl (C=O) groups is 5. The number of aliphatic hydroxyl groups is 1. The summed E-state index contributed by atoms with van der Waals surface area (Å²) < 4.78 is 0. The first-order chi connectivity index (χ1) is 23.7. The molecule has 5 amide bonds. The first kappa shape index (κ1) is 38.9. The predicted molar refractivity (Wildman–Crippen MR) is 188 cm³/mol. The van der Waals surface area contributed by atoms with E-state index in [1.165, 1.54) is 24.7 Å². The van der Waals surface area contributed by atoms with Crippen LogP contribution in [0.4, 0.5) is 0 Å². The number of rotatable bonds is 15. The Labute approximate surface area is 296 Å². The van der Waals surface area contributed by atoms with Gasteiger partial charge in [-0.3, -0.25) is 29.0 Å². The van der Waals surface area contributed by atoms with Crippen molar-refractivity contribution >= 4 is 29.5 Å². The number of likely N-dealkylation sites (tertiary alicyclic amines) is 1. The normalized spacial score (nSPS) is 22.2. The molecule has 2 heterocycles. The van der Waals surface area contributed by atoms with E-state index in [-0.39, 0.29) is 35.9 Å². The van der Waals surface area contributed by atoms with Crippen molar-refractivity contribution in [2.75, 3.05) is 13.1 Å². The molecule has 2 saturated carbocycles. The largest absolute Gasteiger partial charge is 0.381 e. The van der Waals surface area contributed by atoms with E-state index in [0.29, 0.717) is 25.3 Å². The Hall–Kier alpha value is -3.87. The van der Waals surface area contributed by atoms with Gasteiger partial charge in [-0.25, -0.2) is 4.98 Å². The van der Waals surface area contributed by atoms with Crippen molar-refractivity contribution in [3.8, 4) is 0 Å². The van der Waals surface area contributed by atoms with E-state index in [4.69, 9.17) is 0 Å². The molecule has 3 aliphatic rings. The molecular formula is C37H57N7O6. The first-order valence-electron chi connectivity index (χ1n) is 18.3. The van der Waals surface area contributed by atoms with E-state index < -0.39 is 59.3 Å². The highest BCUT2D eigenvalue weighted by molar-refractivity contribution is 5.98. The van der Waals surface area contributed by atoms with Crippen LogP contribution in [0.3, 0.4) is 0 Å².